The zero-order valence-electron chi connectivity index (χ0n) is 11.5. The van der Waals surface area contributed by atoms with Gasteiger partial charge in [-0.25, -0.2) is 0 Å². The number of halogens is 1. The molecule has 0 radical (unpaired) electrons. The molecular weight excluding hydrogens is 258 g/mol. The van der Waals surface area contributed by atoms with E-state index in [1.54, 1.807) is 6.07 Å². The van der Waals surface area contributed by atoms with Crippen LogP contribution < -0.4 is 5.32 Å². The average molecular weight is 278 g/mol. The Bertz CT molecular complexity index is 479. The average Bonchev–Trinajstić information content (AvgIpc) is 2.85. The molecule has 2 rings (SSSR count). The molecule has 1 aliphatic rings. The first-order valence-corrected chi connectivity index (χ1v) is 7.16. The number of nitriles is 1. The van der Waals surface area contributed by atoms with E-state index in [2.05, 4.69) is 30.1 Å². The van der Waals surface area contributed by atoms with Gasteiger partial charge in [0.1, 0.15) is 6.07 Å². The van der Waals surface area contributed by atoms with E-state index < -0.39 is 0 Å². The molecule has 1 aliphatic heterocycles. The van der Waals surface area contributed by atoms with Gasteiger partial charge in [0.2, 0.25) is 0 Å². The summed E-state index contributed by atoms with van der Waals surface area (Å²) >= 11 is 6.02. The molecule has 0 aromatic heterocycles. The Labute approximate surface area is 120 Å². The third kappa shape index (κ3) is 3.40. The minimum atomic E-state index is 0.516. The summed E-state index contributed by atoms with van der Waals surface area (Å²) in [5.41, 5.74) is 1.39. The van der Waals surface area contributed by atoms with Gasteiger partial charge in [-0.1, -0.05) is 17.7 Å². The number of nitrogens with zero attached hydrogens (tertiary/aromatic N) is 2. The van der Waals surface area contributed by atoms with E-state index in [1.807, 2.05) is 12.1 Å². The molecule has 102 valence electrons. The van der Waals surface area contributed by atoms with Gasteiger partial charge in [-0.3, -0.25) is 0 Å². The summed E-state index contributed by atoms with van der Waals surface area (Å²) in [5, 5.41) is 13.0. The van der Waals surface area contributed by atoms with Gasteiger partial charge in [0.25, 0.3) is 0 Å². The zero-order chi connectivity index (χ0) is 13.8. The van der Waals surface area contributed by atoms with Crippen LogP contribution in [0.4, 0.5) is 5.69 Å². The van der Waals surface area contributed by atoms with Crippen molar-refractivity contribution in [2.75, 3.05) is 25.0 Å². The summed E-state index contributed by atoms with van der Waals surface area (Å²) in [4.78, 5) is 2.50. The Balaban J connectivity index is 1.94. The fourth-order valence-electron chi connectivity index (χ4n) is 2.54. The number of anilines is 1. The van der Waals surface area contributed by atoms with Crippen LogP contribution in [0.15, 0.2) is 18.2 Å². The molecule has 1 saturated heterocycles. The largest absolute Gasteiger partial charge is 0.384 e. The second-order valence-electron chi connectivity index (χ2n) is 5.40. The highest BCUT2D eigenvalue weighted by molar-refractivity contribution is 6.32. The molecule has 1 N–H and O–H groups in total. The molecule has 1 aromatic carbocycles. The van der Waals surface area contributed by atoms with Crippen LogP contribution in [0.25, 0.3) is 0 Å². The second-order valence-corrected chi connectivity index (χ2v) is 5.81. The Morgan fingerprint density at radius 3 is 2.95 bits per heavy atom. The summed E-state index contributed by atoms with van der Waals surface area (Å²) in [5.74, 6) is 0.646. The molecule has 1 aromatic rings. The monoisotopic (exact) mass is 277 g/mol. The minimum absolute atomic E-state index is 0.516. The van der Waals surface area contributed by atoms with E-state index in [-0.39, 0.29) is 0 Å². The summed E-state index contributed by atoms with van der Waals surface area (Å²) in [7, 11) is 0. The van der Waals surface area contributed by atoms with E-state index in [0.717, 1.165) is 18.8 Å². The van der Waals surface area contributed by atoms with Crippen LogP contribution in [-0.2, 0) is 0 Å². The van der Waals surface area contributed by atoms with Gasteiger partial charge in [-0.15, -0.1) is 0 Å². The van der Waals surface area contributed by atoms with Crippen molar-refractivity contribution in [3.63, 3.8) is 0 Å². The van der Waals surface area contributed by atoms with Gasteiger partial charge in [0.15, 0.2) is 0 Å². The molecule has 0 bridgehead atoms. The predicted molar refractivity (Wildman–Crippen MR) is 79.5 cm³/mol. The zero-order valence-corrected chi connectivity index (χ0v) is 12.2. The van der Waals surface area contributed by atoms with Crippen molar-refractivity contribution < 1.29 is 0 Å². The number of likely N-dealkylation sites (tertiary alicyclic amines) is 1. The van der Waals surface area contributed by atoms with Crippen molar-refractivity contribution in [3.05, 3.63) is 28.8 Å². The lowest BCUT2D eigenvalue weighted by Crippen LogP contribution is -2.29. The van der Waals surface area contributed by atoms with Gasteiger partial charge >= 0.3 is 0 Å². The lowest BCUT2D eigenvalue weighted by Gasteiger charge is -2.20. The highest BCUT2D eigenvalue weighted by Crippen LogP contribution is 2.25. The quantitative estimate of drug-likeness (QED) is 0.917. The van der Waals surface area contributed by atoms with Gasteiger partial charge < -0.3 is 10.2 Å². The SMILES string of the molecule is CC(C)N1CCC(CNc2cccc(Cl)c2C#N)C1. The molecule has 0 spiro atoms. The van der Waals surface area contributed by atoms with Gasteiger partial charge in [0, 0.05) is 19.1 Å². The minimum Gasteiger partial charge on any atom is -0.384 e. The van der Waals surface area contributed by atoms with Crippen LogP contribution in [0.2, 0.25) is 5.02 Å². The van der Waals surface area contributed by atoms with Gasteiger partial charge in [-0.05, 0) is 44.9 Å². The molecular formula is C15H20ClN3. The number of benzene rings is 1. The van der Waals surface area contributed by atoms with E-state index in [4.69, 9.17) is 16.9 Å². The summed E-state index contributed by atoms with van der Waals surface area (Å²) in [6, 6.07) is 8.32. The van der Waals surface area contributed by atoms with Crippen molar-refractivity contribution in [1.82, 2.24) is 4.90 Å². The molecule has 1 unspecified atom stereocenters. The summed E-state index contributed by atoms with van der Waals surface area (Å²) < 4.78 is 0. The maximum atomic E-state index is 9.12. The van der Waals surface area contributed by atoms with Crippen molar-refractivity contribution in [3.8, 4) is 6.07 Å². The van der Waals surface area contributed by atoms with Crippen LogP contribution >= 0.6 is 11.6 Å². The van der Waals surface area contributed by atoms with Crippen LogP contribution in [0.3, 0.4) is 0 Å². The molecule has 1 atom stereocenters. The van der Waals surface area contributed by atoms with E-state index in [0.29, 0.717) is 22.5 Å². The number of hydrogen-bond acceptors (Lipinski definition) is 3. The van der Waals surface area contributed by atoms with Crippen molar-refractivity contribution in [2.45, 2.75) is 26.3 Å². The molecule has 0 saturated carbocycles. The first-order valence-electron chi connectivity index (χ1n) is 6.78. The lowest BCUT2D eigenvalue weighted by molar-refractivity contribution is 0.266. The normalized spacial score (nSPS) is 19.6. The molecule has 4 heteroatoms. The fraction of sp³-hybridized carbons (Fsp3) is 0.533. The third-order valence-corrected chi connectivity index (χ3v) is 4.07. The second kappa shape index (κ2) is 6.27. The Hall–Kier alpha value is -1.24. The standard InChI is InChI=1S/C15H20ClN3/c1-11(2)19-7-6-12(10-19)9-18-15-5-3-4-14(16)13(15)8-17/h3-5,11-12,18H,6-7,9-10H2,1-2H3. The van der Waals surface area contributed by atoms with Crippen LogP contribution in [0.1, 0.15) is 25.8 Å². The maximum Gasteiger partial charge on any atom is 0.103 e. The fourth-order valence-corrected chi connectivity index (χ4v) is 2.75. The van der Waals surface area contributed by atoms with E-state index in [9.17, 15) is 0 Å². The van der Waals surface area contributed by atoms with Crippen LogP contribution in [0, 0.1) is 17.2 Å². The van der Waals surface area contributed by atoms with Gasteiger partial charge in [0.05, 0.1) is 16.3 Å². The summed E-state index contributed by atoms with van der Waals surface area (Å²) in [6.45, 7) is 7.68. The highest BCUT2D eigenvalue weighted by atomic mass is 35.5. The van der Waals surface area contributed by atoms with E-state index >= 15 is 0 Å². The number of rotatable bonds is 4. The number of nitrogens with one attached hydrogen (secondary N) is 1. The Kier molecular flexibility index (Phi) is 4.68. The highest BCUT2D eigenvalue weighted by Gasteiger charge is 2.24. The van der Waals surface area contributed by atoms with E-state index in [1.165, 1.54) is 13.0 Å². The first kappa shape index (κ1) is 14.2. The molecule has 1 fully saturated rings. The maximum absolute atomic E-state index is 9.12. The third-order valence-electron chi connectivity index (χ3n) is 3.75. The topological polar surface area (TPSA) is 39.1 Å². The Morgan fingerprint density at radius 1 is 1.53 bits per heavy atom. The molecule has 0 aliphatic carbocycles. The van der Waals surface area contributed by atoms with Crippen LogP contribution in [-0.4, -0.2) is 30.6 Å². The molecule has 0 amide bonds. The first-order chi connectivity index (χ1) is 9.11. The smallest absolute Gasteiger partial charge is 0.103 e. The molecule has 19 heavy (non-hydrogen) atoms. The van der Waals surface area contributed by atoms with Gasteiger partial charge in [-0.2, -0.15) is 5.26 Å². The summed E-state index contributed by atoms with van der Waals surface area (Å²) in [6.07, 6.45) is 1.22. The van der Waals surface area contributed by atoms with Crippen molar-refractivity contribution in [1.29, 1.82) is 5.26 Å². The van der Waals surface area contributed by atoms with Crippen molar-refractivity contribution >= 4 is 17.3 Å². The molecule has 3 nitrogen and oxygen atoms in total. The van der Waals surface area contributed by atoms with Crippen molar-refractivity contribution in [2.24, 2.45) is 5.92 Å². The molecule has 1 heterocycles. The Morgan fingerprint density at radius 2 is 2.32 bits per heavy atom. The van der Waals surface area contributed by atoms with Crippen LogP contribution in [0.5, 0.6) is 0 Å². The predicted octanol–water partition coefficient (Wildman–Crippen LogP) is 3.35. The number of hydrogen-bond donors (Lipinski definition) is 1. The lowest BCUT2D eigenvalue weighted by atomic mass is 10.1.